The highest BCUT2D eigenvalue weighted by Crippen LogP contribution is 2.10. The molecule has 2 fully saturated rings. The van der Waals surface area contributed by atoms with Gasteiger partial charge in [-0.25, -0.2) is 4.79 Å². The Morgan fingerprint density at radius 2 is 1.52 bits per heavy atom. The molecule has 2 saturated heterocycles. The van der Waals surface area contributed by atoms with Gasteiger partial charge < -0.3 is 20.0 Å². The smallest absolute Gasteiger partial charge is 0.317 e. The predicted octanol–water partition coefficient (Wildman–Crippen LogP) is 1.37. The van der Waals surface area contributed by atoms with Crippen molar-refractivity contribution in [1.29, 1.82) is 0 Å². The van der Waals surface area contributed by atoms with Gasteiger partial charge in [0.1, 0.15) is 0 Å². The molecule has 3 rings (SSSR count). The topological polar surface area (TPSA) is 76.2 Å². The lowest BCUT2D eigenvalue weighted by atomic mass is 10.1. The van der Waals surface area contributed by atoms with Crippen LogP contribution in [-0.2, 0) is 16.1 Å². The van der Waals surface area contributed by atoms with Crippen LogP contribution in [0.3, 0.4) is 0 Å². The molecule has 0 atom stereocenters. The van der Waals surface area contributed by atoms with Gasteiger partial charge in [-0.05, 0) is 24.8 Å². The number of rotatable bonds is 7. The molecule has 170 valence electrons. The summed E-state index contributed by atoms with van der Waals surface area (Å²) in [6, 6.07) is 9.62. The number of carbonyl (C=O) groups excluding carboxylic acids is 3. The van der Waals surface area contributed by atoms with E-state index in [-0.39, 0.29) is 24.3 Å². The first kappa shape index (κ1) is 23.1. The fraction of sp³-hybridized carbons (Fsp3) is 0.609. The number of urea groups is 1. The Bertz CT molecular complexity index is 728. The van der Waals surface area contributed by atoms with Gasteiger partial charge in [-0.3, -0.25) is 14.5 Å². The highest BCUT2D eigenvalue weighted by molar-refractivity contribution is 5.79. The summed E-state index contributed by atoms with van der Waals surface area (Å²) in [5, 5.41) is 2.82. The van der Waals surface area contributed by atoms with Crippen LogP contribution in [0.1, 0.15) is 31.2 Å². The zero-order chi connectivity index (χ0) is 22.1. The molecular weight excluding hydrogens is 394 g/mol. The van der Waals surface area contributed by atoms with E-state index in [1.165, 1.54) is 6.42 Å². The molecule has 2 heterocycles. The standard InChI is InChI=1S/C23H35N5O3/c1-25(18-20-8-4-2-5-9-20)23(31)24-11-10-21(29)28-16-14-26(15-17-28)19-22(30)27-12-6-3-7-13-27/h2,4-5,8-9H,3,6-7,10-19H2,1H3,(H,24,31). The fourth-order valence-corrected chi connectivity index (χ4v) is 4.09. The van der Waals surface area contributed by atoms with Crippen molar-refractivity contribution < 1.29 is 14.4 Å². The summed E-state index contributed by atoms with van der Waals surface area (Å²) < 4.78 is 0. The predicted molar refractivity (Wildman–Crippen MR) is 119 cm³/mol. The van der Waals surface area contributed by atoms with Crippen LogP contribution in [0, 0.1) is 0 Å². The molecule has 4 amide bonds. The number of nitrogens with zero attached hydrogens (tertiary/aromatic N) is 4. The zero-order valence-corrected chi connectivity index (χ0v) is 18.6. The van der Waals surface area contributed by atoms with E-state index in [0.717, 1.165) is 44.6 Å². The molecule has 0 bridgehead atoms. The van der Waals surface area contributed by atoms with Crippen LogP contribution in [0.4, 0.5) is 4.79 Å². The minimum absolute atomic E-state index is 0.0491. The highest BCUT2D eigenvalue weighted by atomic mass is 16.2. The lowest BCUT2D eigenvalue weighted by molar-refractivity contribution is -0.135. The van der Waals surface area contributed by atoms with Gasteiger partial charge >= 0.3 is 6.03 Å². The molecule has 8 nitrogen and oxygen atoms in total. The Hall–Kier alpha value is -2.61. The van der Waals surface area contributed by atoms with E-state index in [4.69, 9.17) is 0 Å². The van der Waals surface area contributed by atoms with Gasteiger partial charge in [0.05, 0.1) is 6.54 Å². The average molecular weight is 430 g/mol. The van der Waals surface area contributed by atoms with Crippen LogP contribution in [-0.4, -0.2) is 96.9 Å². The largest absolute Gasteiger partial charge is 0.342 e. The van der Waals surface area contributed by atoms with E-state index in [1.54, 1.807) is 11.9 Å². The number of hydrogen-bond acceptors (Lipinski definition) is 4. The first-order valence-electron chi connectivity index (χ1n) is 11.3. The van der Waals surface area contributed by atoms with Crippen molar-refractivity contribution in [2.24, 2.45) is 0 Å². The number of piperazine rings is 1. The maximum Gasteiger partial charge on any atom is 0.317 e. The van der Waals surface area contributed by atoms with Crippen molar-refractivity contribution >= 4 is 17.8 Å². The van der Waals surface area contributed by atoms with E-state index in [1.807, 2.05) is 40.1 Å². The molecule has 2 aliphatic heterocycles. The Kier molecular flexibility index (Phi) is 8.70. The van der Waals surface area contributed by atoms with Gasteiger partial charge in [0.15, 0.2) is 0 Å². The molecule has 0 saturated carbocycles. The van der Waals surface area contributed by atoms with E-state index in [0.29, 0.717) is 32.7 Å². The number of likely N-dealkylation sites (tertiary alicyclic amines) is 1. The zero-order valence-electron chi connectivity index (χ0n) is 18.6. The third-order valence-corrected chi connectivity index (χ3v) is 6.02. The molecule has 2 aliphatic rings. The first-order chi connectivity index (χ1) is 15.0. The van der Waals surface area contributed by atoms with Gasteiger partial charge in [-0.15, -0.1) is 0 Å². The summed E-state index contributed by atoms with van der Waals surface area (Å²) in [7, 11) is 1.74. The van der Waals surface area contributed by atoms with Crippen molar-refractivity contribution in [3.8, 4) is 0 Å². The van der Waals surface area contributed by atoms with Crippen LogP contribution in [0.25, 0.3) is 0 Å². The molecule has 0 radical (unpaired) electrons. The van der Waals surface area contributed by atoms with Gasteiger partial charge in [-0.2, -0.15) is 0 Å². The molecule has 8 heteroatoms. The summed E-state index contributed by atoms with van der Waals surface area (Å²) in [4.78, 5) is 44.7. The van der Waals surface area contributed by atoms with E-state index < -0.39 is 0 Å². The number of carbonyl (C=O) groups is 3. The lowest BCUT2D eigenvalue weighted by Crippen LogP contribution is -2.52. The molecule has 0 unspecified atom stereocenters. The van der Waals surface area contributed by atoms with E-state index in [9.17, 15) is 14.4 Å². The van der Waals surface area contributed by atoms with Crippen molar-refractivity contribution in [2.75, 3.05) is 59.4 Å². The summed E-state index contributed by atoms with van der Waals surface area (Å²) in [6.45, 7) is 5.76. The quantitative estimate of drug-likeness (QED) is 0.710. The van der Waals surface area contributed by atoms with Gasteiger partial charge in [0.25, 0.3) is 0 Å². The summed E-state index contributed by atoms with van der Waals surface area (Å²) in [5.74, 6) is 0.259. The summed E-state index contributed by atoms with van der Waals surface area (Å²) in [6.07, 6.45) is 3.71. The lowest BCUT2D eigenvalue weighted by Gasteiger charge is -2.36. The van der Waals surface area contributed by atoms with Crippen molar-refractivity contribution in [1.82, 2.24) is 24.9 Å². The minimum atomic E-state index is -0.183. The molecule has 0 spiro atoms. The molecule has 0 aromatic heterocycles. The maximum absolute atomic E-state index is 12.5. The number of piperidine rings is 1. The summed E-state index contributed by atoms with van der Waals surface area (Å²) >= 11 is 0. The second-order valence-electron chi connectivity index (χ2n) is 8.42. The number of hydrogen-bond donors (Lipinski definition) is 1. The Morgan fingerprint density at radius 3 is 2.19 bits per heavy atom. The van der Waals surface area contributed by atoms with Crippen molar-refractivity contribution in [3.63, 3.8) is 0 Å². The van der Waals surface area contributed by atoms with E-state index >= 15 is 0 Å². The molecule has 1 aromatic carbocycles. The summed E-state index contributed by atoms with van der Waals surface area (Å²) in [5.41, 5.74) is 1.06. The van der Waals surface area contributed by atoms with Gasteiger partial charge in [0.2, 0.25) is 11.8 Å². The molecule has 31 heavy (non-hydrogen) atoms. The van der Waals surface area contributed by atoms with Crippen LogP contribution in [0.15, 0.2) is 30.3 Å². The van der Waals surface area contributed by atoms with Crippen LogP contribution in [0.5, 0.6) is 0 Å². The Morgan fingerprint density at radius 1 is 0.871 bits per heavy atom. The molecular formula is C23H35N5O3. The highest BCUT2D eigenvalue weighted by Gasteiger charge is 2.24. The van der Waals surface area contributed by atoms with Crippen LogP contribution < -0.4 is 5.32 Å². The van der Waals surface area contributed by atoms with Crippen LogP contribution in [0.2, 0.25) is 0 Å². The minimum Gasteiger partial charge on any atom is -0.342 e. The van der Waals surface area contributed by atoms with Crippen molar-refractivity contribution in [3.05, 3.63) is 35.9 Å². The molecule has 0 aliphatic carbocycles. The van der Waals surface area contributed by atoms with Crippen LogP contribution >= 0.6 is 0 Å². The number of nitrogens with one attached hydrogen (secondary N) is 1. The van der Waals surface area contributed by atoms with Crippen molar-refractivity contribution in [2.45, 2.75) is 32.2 Å². The number of amides is 4. The second-order valence-corrected chi connectivity index (χ2v) is 8.42. The van der Waals surface area contributed by atoms with E-state index in [2.05, 4.69) is 10.2 Å². The fourth-order valence-electron chi connectivity index (χ4n) is 4.09. The maximum atomic E-state index is 12.5. The Balaban J connectivity index is 1.30. The SMILES string of the molecule is CN(Cc1ccccc1)C(=O)NCCC(=O)N1CCN(CC(=O)N2CCCCC2)CC1. The Labute approximate surface area is 185 Å². The second kappa shape index (κ2) is 11.7. The normalized spacial score (nSPS) is 17.3. The number of benzene rings is 1. The third-order valence-electron chi connectivity index (χ3n) is 6.02. The average Bonchev–Trinajstić information content (AvgIpc) is 2.80. The molecule has 1 aromatic rings. The third kappa shape index (κ3) is 7.24. The van der Waals surface area contributed by atoms with Gasteiger partial charge in [0, 0.05) is 65.8 Å². The van der Waals surface area contributed by atoms with Gasteiger partial charge in [-0.1, -0.05) is 30.3 Å². The monoisotopic (exact) mass is 429 g/mol. The molecule has 1 N–H and O–H groups in total. The first-order valence-corrected chi connectivity index (χ1v) is 11.3.